The van der Waals surface area contributed by atoms with Crippen LogP contribution in [0.15, 0.2) is 54.2 Å². The molecule has 0 radical (unpaired) electrons. The Kier molecular flexibility index (Phi) is 5.82. The first kappa shape index (κ1) is 20.3. The fraction of sp³-hybridized carbons (Fsp3) is 0.261. The SMILES string of the molecule is CCc1ccc(NC2=C(c3ccc(NC(C)=O)cc3)C(=O)N(C(C)C)C2=O)cc1. The van der Waals surface area contributed by atoms with Crippen molar-refractivity contribution in [3.8, 4) is 0 Å². The molecule has 0 spiro atoms. The predicted molar refractivity (Wildman–Crippen MR) is 114 cm³/mol. The lowest BCUT2D eigenvalue weighted by molar-refractivity contribution is -0.138. The van der Waals surface area contributed by atoms with Gasteiger partial charge in [0.1, 0.15) is 5.70 Å². The largest absolute Gasteiger partial charge is 0.350 e. The van der Waals surface area contributed by atoms with Gasteiger partial charge in [0.05, 0.1) is 5.57 Å². The molecule has 0 bridgehead atoms. The van der Waals surface area contributed by atoms with Crippen LogP contribution in [0.5, 0.6) is 0 Å². The highest BCUT2D eigenvalue weighted by Crippen LogP contribution is 2.32. The number of imide groups is 1. The average Bonchev–Trinajstić information content (AvgIpc) is 2.92. The van der Waals surface area contributed by atoms with E-state index in [4.69, 9.17) is 0 Å². The van der Waals surface area contributed by atoms with Crippen LogP contribution in [-0.4, -0.2) is 28.7 Å². The molecule has 150 valence electrons. The van der Waals surface area contributed by atoms with E-state index in [1.54, 1.807) is 24.3 Å². The van der Waals surface area contributed by atoms with Crippen molar-refractivity contribution in [1.29, 1.82) is 0 Å². The molecular formula is C23H25N3O3. The summed E-state index contributed by atoms with van der Waals surface area (Å²) in [6.45, 7) is 7.13. The van der Waals surface area contributed by atoms with Gasteiger partial charge < -0.3 is 10.6 Å². The van der Waals surface area contributed by atoms with Gasteiger partial charge >= 0.3 is 0 Å². The van der Waals surface area contributed by atoms with Crippen LogP contribution in [-0.2, 0) is 20.8 Å². The zero-order chi connectivity index (χ0) is 21.1. The van der Waals surface area contributed by atoms with Crippen molar-refractivity contribution in [3.05, 3.63) is 65.4 Å². The summed E-state index contributed by atoms with van der Waals surface area (Å²) in [4.78, 5) is 38.6. The van der Waals surface area contributed by atoms with Crippen molar-refractivity contribution in [3.63, 3.8) is 0 Å². The van der Waals surface area contributed by atoms with E-state index in [9.17, 15) is 14.4 Å². The number of benzene rings is 2. The number of nitrogens with zero attached hydrogens (tertiary/aromatic N) is 1. The van der Waals surface area contributed by atoms with Crippen LogP contribution in [0.3, 0.4) is 0 Å². The highest BCUT2D eigenvalue weighted by molar-refractivity contribution is 6.36. The Labute approximate surface area is 170 Å². The number of carbonyl (C=O) groups is 3. The van der Waals surface area contributed by atoms with E-state index < -0.39 is 0 Å². The first-order chi connectivity index (χ1) is 13.8. The van der Waals surface area contributed by atoms with Crippen LogP contribution in [0.1, 0.15) is 38.8 Å². The molecule has 1 heterocycles. The van der Waals surface area contributed by atoms with E-state index >= 15 is 0 Å². The monoisotopic (exact) mass is 391 g/mol. The zero-order valence-electron chi connectivity index (χ0n) is 17.1. The fourth-order valence-corrected chi connectivity index (χ4v) is 3.29. The predicted octanol–water partition coefficient (Wildman–Crippen LogP) is 3.81. The van der Waals surface area contributed by atoms with Gasteiger partial charge in [-0.15, -0.1) is 0 Å². The minimum atomic E-state index is -0.342. The third-order valence-electron chi connectivity index (χ3n) is 4.76. The number of carbonyl (C=O) groups excluding carboxylic acids is 3. The first-order valence-electron chi connectivity index (χ1n) is 9.68. The molecule has 3 rings (SSSR count). The summed E-state index contributed by atoms with van der Waals surface area (Å²) in [5, 5.41) is 5.85. The van der Waals surface area contributed by atoms with Gasteiger partial charge in [0.2, 0.25) is 5.91 Å². The number of hydrogen-bond acceptors (Lipinski definition) is 4. The molecule has 0 saturated heterocycles. The Morgan fingerprint density at radius 1 is 0.931 bits per heavy atom. The Bertz CT molecular complexity index is 973. The Balaban J connectivity index is 2.01. The zero-order valence-corrected chi connectivity index (χ0v) is 17.1. The Hall–Kier alpha value is -3.41. The second-order valence-corrected chi connectivity index (χ2v) is 7.26. The molecular weight excluding hydrogens is 366 g/mol. The minimum absolute atomic E-state index is 0.173. The van der Waals surface area contributed by atoms with Crippen LogP contribution < -0.4 is 10.6 Å². The van der Waals surface area contributed by atoms with Crippen LogP contribution in [0.4, 0.5) is 11.4 Å². The summed E-state index contributed by atoms with van der Waals surface area (Å²) in [6.07, 6.45) is 0.924. The van der Waals surface area contributed by atoms with Gasteiger partial charge in [0, 0.05) is 24.3 Å². The molecule has 2 N–H and O–H groups in total. The second kappa shape index (κ2) is 8.31. The molecule has 6 nitrogen and oxygen atoms in total. The van der Waals surface area contributed by atoms with E-state index in [0.29, 0.717) is 16.8 Å². The summed E-state index contributed by atoms with van der Waals surface area (Å²) < 4.78 is 0. The van der Waals surface area contributed by atoms with Crippen molar-refractivity contribution in [2.45, 2.75) is 40.2 Å². The number of amides is 3. The van der Waals surface area contributed by atoms with E-state index in [1.807, 2.05) is 38.1 Å². The minimum Gasteiger partial charge on any atom is -0.350 e. The van der Waals surface area contributed by atoms with Crippen molar-refractivity contribution >= 4 is 34.7 Å². The highest BCUT2D eigenvalue weighted by atomic mass is 16.2. The molecule has 0 unspecified atom stereocenters. The second-order valence-electron chi connectivity index (χ2n) is 7.26. The van der Waals surface area contributed by atoms with Gasteiger partial charge in [-0.2, -0.15) is 0 Å². The summed E-state index contributed by atoms with van der Waals surface area (Å²) in [6, 6.07) is 14.4. The van der Waals surface area contributed by atoms with Crippen LogP contribution in [0.2, 0.25) is 0 Å². The number of hydrogen-bond donors (Lipinski definition) is 2. The standard InChI is InChI=1S/C23H25N3O3/c1-5-16-6-10-19(11-7-16)25-21-20(22(28)26(14(2)3)23(21)29)17-8-12-18(13-9-17)24-15(4)27/h6-14,25H,5H2,1-4H3,(H,24,27). The maximum atomic E-state index is 13.1. The Morgan fingerprint density at radius 2 is 1.52 bits per heavy atom. The van der Waals surface area contributed by atoms with Gasteiger partial charge in [-0.3, -0.25) is 19.3 Å². The Morgan fingerprint density at radius 3 is 2.03 bits per heavy atom. The van der Waals surface area contributed by atoms with Crippen molar-refractivity contribution in [1.82, 2.24) is 4.90 Å². The first-order valence-corrected chi connectivity index (χ1v) is 9.68. The molecule has 3 amide bonds. The van der Waals surface area contributed by atoms with Gasteiger partial charge in [-0.1, -0.05) is 31.2 Å². The molecule has 1 aliphatic heterocycles. The molecule has 0 aromatic heterocycles. The lowest BCUT2D eigenvalue weighted by Crippen LogP contribution is -2.38. The molecule has 1 aliphatic rings. The number of nitrogens with one attached hydrogen (secondary N) is 2. The molecule has 2 aromatic carbocycles. The molecule has 0 saturated carbocycles. The van der Waals surface area contributed by atoms with Crippen LogP contribution in [0, 0.1) is 0 Å². The smallest absolute Gasteiger partial charge is 0.278 e. The normalized spacial score (nSPS) is 14.0. The topological polar surface area (TPSA) is 78.5 Å². The van der Waals surface area contributed by atoms with Crippen LogP contribution >= 0.6 is 0 Å². The fourth-order valence-electron chi connectivity index (χ4n) is 3.29. The van der Waals surface area contributed by atoms with Crippen molar-refractivity contribution in [2.75, 3.05) is 10.6 Å². The maximum Gasteiger partial charge on any atom is 0.278 e. The lowest BCUT2D eigenvalue weighted by Gasteiger charge is -2.19. The summed E-state index contributed by atoms with van der Waals surface area (Å²) in [5.41, 5.74) is 3.78. The molecule has 6 heteroatoms. The summed E-state index contributed by atoms with van der Waals surface area (Å²) in [7, 11) is 0. The van der Waals surface area contributed by atoms with E-state index in [-0.39, 0.29) is 29.5 Å². The average molecular weight is 391 g/mol. The van der Waals surface area contributed by atoms with Crippen molar-refractivity contribution in [2.24, 2.45) is 0 Å². The van der Waals surface area contributed by atoms with E-state index in [2.05, 4.69) is 17.6 Å². The maximum absolute atomic E-state index is 13.1. The lowest BCUT2D eigenvalue weighted by atomic mass is 10.0. The quantitative estimate of drug-likeness (QED) is 0.734. The molecule has 0 aliphatic carbocycles. The molecule has 0 fully saturated rings. The number of anilines is 2. The van der Waals surface area contributed by atoms with Gasteiger partial charge in [-0.25, -0.2) is 0 Å². The third-order valence-corrected chi connectivity index (χ3v) is 4.76. The summed E-state index contributed by atoms with van der Waals surface area (Å²) in [5.74, 6) is -0.844. The molecule has 0 atom stereocenters. The van der Waals surface area contributed by atoms with Gasteiger partial charge in [-0.05, 0) is 55.7 Å². The number of rotatable bonds is 6. The molecule has 2 aromatic rings. The van der Waals surface area contributed by atoms with Gasteiger partial charge in [0.25, 0.3) is 11.8 Å². The molecule has 29 heavy (non-hydrogen) atoms. The number of aryl methyl sites for hydroxylation is 1. The van der Waals surface area contributed by atoms with Gasteiger partial charge in [0.15, 0.2) is 0 Å². The van der Waals surface area contributed by atoms with Crippen molar-refractivity contribution < 1.29 is 14.4 Å². The summed E-state index contributed by atoms with van der Waals surface area (Å²) >= 11 is 0. The third kappa shape index (κ3) is 4.21. The van der Waals surface area contributed by atoms with Crippen LogP contribution in [0.25, 0.3) is 5.57 Å². The van der Waals surface area contributed by atoms with E-state index in [1.165, 1.54) is 17.4 Å². The highest BCUT2D eigenvalue weighted by Gasteiger charge is 2.40. The van der Waals surface area contributed by atoms with E-state index in [0.717, 1.165) is 12.1 Å².